The van der Waals surface area contributed by atoms with Crippen molar-refractivity contribution in [1.29, 1.82) is 0 Å². The highest BCUT2D eigenvalue weighted by atomic mass is 16.2. The summed E-state index contributed by atoms with van der Waals surface area (Å²) in [5, 5.41) is 4.89. The van der Waals surface area contributed by atoms with Gasteiger partial charge in [0.15, 0.2) is 0 Å². The molecule has 25 heavy (non-hydrogen) atoms. The number of anilines is 1. The van der Waals surface area contributed by atoms with Gasteiger partial charge in [0, 0.05) is 5.69 Å². The summed E-state index contributed by atoms with van der Waals surface area (Å²) in [5.41, 5.74) is 0.655. The molecule has 126 valence electrons. The molecule has 1 aliphatic heterocycles. The van der Waals surface area contributed by atoms with E-state index in [-0.39, 0.29) is 36.1 Å². The standard InChI is InChI=1S/C20H18N2O3/c23-18(21-15-10-9-13-5-1-2-6-14(13)11-15)12-22-19(24)16-7-3-4-8-17(16)20(22)25/h1-6,9-11,16-17H,7-8,12H2,(H,21,23)/t16-,17-/m0/s1. The van der Waals surface area contributed by atoms with Gasteiger partial charge in [0.2, 0.25) is 17.7 Å². The Morgan fingerprint density at radius 2 is 1.60 bits per heavy atom. The third kappa shape index (κ3) is 2.82. The first-order chi connectivity index (χ1) is 12.1. The van der Waals surface area contributed by atoms with Crippen LogP contribution in [0.1, 0.15) is 12.8 Å². The van der Waals surface area contributed by atoms with Gasteiger partial charge < -0.3 is 5.32 Å². The second-order valence-corrected chi connectivity index (χ2v) is 6.53. The highest BCUT2D eigenvalue weighted by molar-refractivity contribution is 6.09. The lowest BCUT2D eigenvalue weighted by Crippen LogP contribution is -2.38. The number of imide groups is 1. The van der Waals surface area contributed by atoms with Crippen LogP contribution in [0.3, 0.4) is 0 Å². The molecular formula is C20H18N2O3. The van der Waals surface area contributed by atoms with Gasteiger partial charge in [-0.1, -0.05) is 42.5 Å². The van der Waals surface area contributed by atoms with Gasteiger partial charge in [0.05, 0.1) is 11.8 Å². The van der Waals surface area contributed by atoms with Gasteiger partial charge in [-0.15, -0.1) is 0 Å². The molecule has 1 saturated heterocycles. The minimum absolute atomic E-state index is 0.225. The van der Waals surface area contributed by atoms with Gasteiger partial charge in [-0.3, -0.25) is 19.3 Å². The minimum atomic E-state index is -0.358. The van der Waals surface area contributed by atoms with Crippen molar-refractivity contribution < 1.29 is 14.4 Å². The smallest absolute Gasteiger partial charge is 0.244 e. The van der Waals surface area contributed by atoms with Crippen molar-refractivity contribution in [2.45, 2.75) is 12.8 Å². The predicted octanol–water partition coefficient (Wildman–Crippen LogP) is 2.73. The number of nitrogens with zero attached hydrogens (tertiary/aromatic N) is 1. The number of allylic oxidation sites excluding steroid dienone is 2. The Hall–Kier alpha value is -2.95. The van der Waals surface area contributed by atoms with Crippen molar-refractivity contribution in [2.75, 3.05) is 11.9 Å². The Kier molecular flexibility index (Phi) is 3.84. The maximum absolute atomic E-state index is 12.4. The monoisotopic (exact) mass is 334 g/mol. The van der Waals surface area contributed by atoms with E-state index >= 15 is 0 Å². The fraction of sp³-hybridized carbons (Fsp3) is 0.250. The predicted molar refractivity (Wildman–Crippen MR) is 94.7 cm³/mol. The lowest BCUT2D eigenvalue weighted by Gasteiger charge is -2.14. The molecule has 2 aromatic rings. The van der Waals surface area contributed by atoms with E-state index in [0.717, 1.165) is 15.7 Å². The van der Waals surface area contributed by atoms with Crippen LogP contribution < -0.4 is 5.32 Å². The molecule has 0 saturated carbocycles. The third-order valence-electron chi connectivity index (χ3n) is 4.93. The molecule has 2 atom stereocenters. The van der Waals surface area contributed by atoms with Crippen molar-refractivity contribution in [3.8, 4) is 0 Å². The van der Waals surface area contributed by atoms with E-state index in [1.54, 1.807) is 0 Å². The van der Waals surface area contributed by atoms with Gasteiger partial charge in [-0.2, -0.15) is 0 Å². The van der Waals surface area contributed by atoms with Gasteiger partial charge in [-0.25, -0.2) is 0 Å². The van der Waals surface area contributed by atoms with E-state index in [4.69, 9.17) is 0 Å². The molecule has 1 heterocycles. The number of carbonyl (C=O) groups is 3. The van der Waals surface area contributed by atoms with Crippen LogP contribution in [0, 0.1) is 11.8 Å². The summed E-state index contributed by atoms with van der Waals surface area (Å²) in [5.74, 6) is -1.42. The summed E-state index contributed by atoms with van der Waals surface area (Å²) in [6.07, 6.45) is 5.03. The molecule has 4 rings (SSSR count). The fourth-order valence-corrected chi connectivity index (χ4v) is 3.64. The summed E-state index contributed by atoms with van der Waals surface area (Å²) in [4.78, 5) is 38.2. The first-order valence-electron chi connectivity index (χ1n) is 8.42. The van der Waals surface area contributed by atoms with Crippen molar-refractivity contribution in [2.24, 2.45) is 11.8 Å². The lowest BCUT2D eigenvalue weighted by atomic mass is 9.85. The molecule has 0 unspecified atom stereocenters. The number of carbonyl (C=O) groups excluding carboxylic acids is 3. The summed E-state index contributed by atoms with van der Waals surface area (Å²) < 4.78 is 0. The number of rotatable bonds is 3. The van der Waals surface area contributed by atoms with Crippen molar-refractivity contribution in [3.05, 3.63) is 54.6 Å². The van der Waals surface area contributed by atoms with E-state index in [1.165, 1.54) is 0 Å². The van der Waals surface area contributed by atoms with Crippen LogP contribution in [0.25, 0.3) is 10.8 Å². The van der Waals surface area contributed by atoms with Crippen LogP contribution >= 0.6 is 0 Å². The highest BCUT2D eigenvalue weighted by Gasteiger charge is 2.47. The molecule has 1 fully saturated rings. The van der Waals surface area contributed by atoms with E-state index in [2.05, 4.69) is 5.32 Å². The Balaban J connectivity index is 1.46. The Morgan fingerprint density at radius 1 is 0.960 bits per heavy atom. The molecule has 1 aliphatic carbocycles. The van der Waals surface area contributed by atoms with Crippen molar-refractivity contribution in [3.63, 3.8) is 0 Å². The Labute approximate surface area is 145 Å². The van der Waals surface area contributed by atoms with Crippen LogP contribution in [-0.2, 0) is 14.4 Å². The maximum Gasteiger partial charge on any atom is 0.244 e. The second-order valence-electron chi connectivity index (χ2n) is 6.53. The van der Waals surface area contributed by atoms with Crippen LogP contribution in [0.4, 0.5) is 5.69 Å². The average Bonchev–Trinajstić information content (AvgIpc) is 2.87. The number of hydrogen-bond acceptors (Lipinski definition) is 3. The maximum atomic E-state index is 12.4. The van der Waals surface area contributed by atoms with Crippen LogP contribution in [0.15, 0.2) is 54.6 Å². The molecule has 3 amide bonds. The van der Waals surface area contributed by atoms with Crippen molar-refractivity contribution >= 4 is 34.2 Å². The largest absolute Gasteiger partial charge is 0.325 e. The van der Waals surface area contributed by atoms with Gasteiger partial charge >= 0.3 is 0 Å². The number of fused-ring (bicyclic) bond motifs is 2. The van der Waals surface area contributed by atoms with Crippen molar-refractivity contribution in [1.82, 2.24) is 4.90 Å². The van der Waals surface area contributed by atoms with Gasteiger partial charge in [0.1, 0.15) is 6.54 Å². The molecular weight excluding hydrogens is 316 g/mol. The lowest BCUT2D eigenvalue weighted by molar-refractivity contribution is -0.142. The molecule has 5 nitrogen and oxygen atoms in total. The first-order valence-corrected chi connectivity index (χ1v) is 8.42. The zero-order chi connectivity index (χ0) is 17.4. The van der Waals surface area contributed by atoms with Gasteiger partial charge in [0.25, 0.3) is 0 Å². The molecule has 2 aromatic carbocycles. The summed E-state index contributed by atoms with van der Waals surface area (Å²) >= 11 is 0. The number of benzene rings is 2. The summed E-state index contributed by atoms with van der Waals surface area (Å²) in [6, 6.07) is 13.5. The molecule has 0 spiro atoms. The van der Waals surface area contributed by atoms with Gasteiger partial charge in [-0.05, 0) is 35.7 Å². The van der Waals surface area contributed by atoms with Crippen LogP contribution in [0.2, 0.25) is 0 Å². The Morgan fingerprint density at radius 3 is 2.28 bits per heavy atom. The fourth-order valence-electron chi connectivity index (χ4n) is 3.64. The highest BCUT2D eigenvalue weighted by Crippen LogP contribution is 2.34. The average molecular weight is 334 g/mol. The number of hydrogen-bond donors (Lipinski definition) is 1. The van der Waals surface area contributed by atoms with E-state index < -0.39 is 0 Å². The number of amides is 3. The topological polar surface area (TPSA) is 66.5 Å². The molecule has 5 heteroatoms. The normalized spacial score (nSPS) is 22.3. The van der Waals surface area contributed by atoms with Crippen LogP contribution in [0.5, 0.6) is 0 Å². The summed E-state index contributed by atoms with van der Waals surface area (Å²) in [7, 11) is 0. The van der Waals surface area contributed by atoms with E-state index in [9.17, 15) is 14.4 Å². The summed E-state index contributed by atoms with van der Waals surface area (Å²) in [6.45, 7) is -0.225. The molecule has 0 bridgehead atoms. The second kappa shape index (κ2) is 6.16. The van der Waals surface area contributed by atoms with E-state index in [1.807, 2.05) is 54.6 Å². The molecule has 0 aromatic heterocycles. The minimum Gasteiger partial charge on any atom is -0.325 e. The molecule has 0 radical (unpaired) electrons. The quantitative estimate of drug-likeness (QED) is 0.693. The SMILES string of the molecule is O=C(CN1C(=O)[C@H]2CC=CC[C@@H]2C1=O)Nc1ccc2ccccc2c1. The molecule has 1 N–H and O–H groups in total. The number of nitrogens with one attached hydrogen (secondary N) is 1. The zero-order valence-electron chi connectivity index (χ0n) is 13.6. The Bertz CT molecular complexity index is 877. The zero-order valence-corrected chi connectivity index (χ0v) is 13.6. The van der Waals surface area contributed by atoms with E-state index in [0.29, 0.717) is 18.5 Å². The third-order valence-corrected chi connectivity index (χ3v) is 4.93. The molecule has 2 aliphatic rings. The first kappa shape index (κ1) is 15.6. The van der Waals surface area contributed by atoms with Crippen LogP contribution in [-0.4, -0.2) is 29.2 Å². The number of likely N-dealkylation sites (tertiary alicyclic amines) is 1.